The van der Waals surface area contributed by atoms with Gasteiger partial charge in [0.15, 0.2) is 6.79 Å². The average Bonchev–Trinajstić information content (AvgIpc) is 2.24. The fourth-order valence-electron chi connectivity index (χ4n) is 0.740. The highest BCUT2D eigenvalue weighted by Crippen LogP contribution is 2.13. The van der Waals surface area contributed by atoms with E-state index in [1.807, 2.05) is 0 Å². The lowest BCUT2D eigenvalue weighted by Crippen LogP contribution is -2.38. The number of ether oxygens (including phenoxy) is 3. The van der Waals surface area contributed by atoms with Gasteiger partial charge in [0.25, 0.3) is 0 Å². The van der Waals surface area contributed by atoms with Crippen LogP contribution in [-0.4, -0.2) is 51.2 Å². The van der Waals surface area contributed by atoms with Gasteiger partial charge >= 0.3 is 18.1 Å². The molecule has 0 rings (SSSR count). The molecule has 1 amide bonds. The van der Waals surface area contributed by atoms with Gasteiger partial charge in [-0.25, -0.2) is 0 Å². The predicted molar refractivity (Wildman–Crippen MR) is 52.5 cm³/mol. The van der Waals surface area contributed by atoms with Crippen molar-refractivity contribution < 1.29 is 37.0 Å². The second kappa shape index (κ2) is 8.70. The summed E-state index contributed by atoms with van der Waals surface area (Å²) < 4.78 is 49.2. The van der Waals surface area contributed by atoms with Crippen molar-refractivity contribution in [2.75, 3.05) is 33.2 Å². The molecule has 0 spiro atoms. The van der Waals surface area contributed by atoms with Gasteiger partial charge in [-0.2, -0.15) is 13.2 Å². The largest absolute Gasteiger partial charge is 0.471 e. The number of nitrogens with one attached hydrogen (secondary N) is 1. The molecule has 0 heterocycles. The Labute approximate surface area is 101 Å². The lowest BCUT2D eigenvalue weighted by Gasteiger charge is -2.08. The zero-order chi connectivity index (χ0) is 14.0. The van der Waals surface area contributed by atoms with Crippen molar-refractivity contribution >= 4 is 11.9 Å². The van der Waals surface area contributed by atoms with Crippen LogP contribution in [0.3, 0.4) is 0 Å². The first-order valence-corrected chi connectivity index (χ1v) is 4.98. The number of esters is 1. The summed E-state index contributed by atoms with van der Waals surface area (Å²) >= 11 is 0. The van der Waals surface area contributed by atoms with E-state index in [0.717, 1.165) is 0 Å². The fraction of sp³-hybridized carbons (Fsp3) is 0.778. The van der Waals surface area contributed by atoms with E-state index >= 15 is 0 Å². The zero-order valence-corrected chi connectivity index (χ0v) is 9.71. The van der Waals surface area contributed by atoms with Gasteiger partial charge in [0.05, 0.1) is 19.8 Å². The van der Waals surface area contributed by atoms with Gasteiger partial charge < -0.3 is 19.5 Å². The first-order chi connectivity index (χ1) is 8.34. The molecule has 9 heteroatoms. The molecule has 1 N–H and O–H groups in total. The second-order valence-electron chi connectivity index (χ2n) is 3.03. The number of amides is 1. The molecule has 0 fully saturated rings. The van der Waals surface area contributed by atoms with Crippen LogP contribution in [-0.2, 0) is 23.8 Å². The maximum atomic E-state index is 11.7. The van der Waals surface area contributed by atoms with Crippen molar-refractivity contribution in [2.45, 2.75) is 13.1 Å². The summed E-state index contributed by atoms with van der Waals surface area (Å²) in [7, 11) is 0. The lowest BCUT2D eigenvalue weighted by molar-refractivity contribution is -0.173. The van der Waals surface area contributed by atoms with Gasteiger partial charge in [0.1, 0.15) is 0 Å². The van der Waals surface area contributed by atoms with Gasteiger partial charge in [-0.15, -0.1) is 0 Å². The molecule has 0 aliphatic rings. The van der Waals surface area contributed by atoms with E-state index in [1.165, 1.54) is 6.92 Å². The maximum Gasteiger partial charge on any atom is 0.471 e. The number of alkyl halides is 3. The normalized spacial score (nSPS) is 11.1. The molecule has 0 aliphatic carbocycles. The van der Waals surface area contributed by atoms with Crippen LogP contribution in [0.4, 0.5) is 13.2 Å². The van der Waals surface area contributed by atoms with Crippen molar-refractivity contribution in [3.8, 4) is 0 Å². The van der Waals surface area contributed by atoms with E-state index in [-0.39, 0.29) is 33.2 Å². The van der Waals surface area contributed by atoms with Crippen LogP contribution in [0.1, 0.15) is 6.92 Å². The molecule has 6 nitrogen and oxygen atoms in total. The van der Waals surface area contributed by atoms with Crippen LogP contribution in [0.2, 0.25) is 0 Å². The Hall–Kier alpha value is -1.35. The fourth-order valence-corrected chi connectivity index (χ4v) is 0.740. The second-order valence-corrected chi connectivity index (χ2v) is 3.03. The van der Waals surface area contributed by atoms with Crippen LogP contribution in [0.15, 0.2) is 0 Å². The Kier molecular flexibility index (Phi) is 8.05. The molecule has 0 saturated carbocycles. The highest BCUT2D eigenvalue weighted by Gasteiger charge is 2.38. The predicted octanol–water partition coefficient (Wildman–Crippen LogP) is 0.219. The summed E-state index contributed by atoms with van der Waals surface area (Å²) in [5.41, 5.74) is 0. The Bertz CT molecular complexity index is 269. The molecule has 106 valence electrons. The molecule has 0 aromatic rings. The molecule has 0 saturated heterocycles. The minimum Gasteiger partial charge on any atom is -0.439 e. The van der Waals surface area contributed by atoms with E-state index in [4.69, 9.17) is 9.47 Å². The molecule has 0 unspecified atom stereocenters. The topological polar surface area (TPSA) is 73.9 Å². The first-order valence-electron chi connectivity index (χ1n) is 4.98. The van der Waals surface area contributed by atoms with Crippen LogP contribution in [0.25, 0.3) is 0 Å². The van der Waals surface area contributed by atoms with Crippen LogP contribution < -0.4 is 5.32 Å². The standard InChI is InChI=1S/C9H14F3NO5/c1-7(14)18-6-17-5-4-16-3-2-13-8(15)9(10,11)12/h2-6H2,1H3,(H,13,15). The van der Waals surface area contributed by atoms with Crippen molar-refractivity contribution in [3.05, 3.63) is 0 Å². The van der Waals surface area contributed by atoms with Crippen molar-refractivity contribution in [2.24, 2.45) is 0 Å². The van der Waals surface area contributed by atoms with E-state index in [2.05, 4.69) is 4.74 Å². The zero-order valence-electron chi connectivity index (χ0n) is 9.71. The summed E-state index contributed by atoms with van der Waals surface area (Å²) in [6.07, 6.45) is -4.88. The van der Waals surface area contributed by atoms with E-state index in [1.54, 1.807) is 5.32 Å². The van der Waals surface area contributed by atoms with Gasteiger partial charge in [-0.1, -0.05) is 0 Å². The van der Waals surface area contributed by atoms with Crippen molar-refractivity contribution in [3.63, 3.8) is 0 Å². The number of halogens is 3. The molecule has 0 atom stereocenters. The van der Waals surface area contributed by atoms with Crippen molar-refractivity contribution in [1.82, 2.24) is 5.32 Å². The molecule has 0 bridgehead atoms. The molecule has 0 aliphatic heterocycles. The summed E-state index contributed by atoms with van der Waals surface area (Å²) in [5, 5.41) is 1.64. The van der Waals surface area contributed by atoms with E-state index < -0.39 is 18.1 Å². The van der Waals surface area contributed by atoms with Crippen LogP contribution >= 0.6 is 0 Å². The third kappa shape index (κ3) is 9.85. The number of hydrogen-bond donors (Lipinski definition) is 1. The smallest absolute Gasteiger partial charge is 0.439 e. The minimum atomic E-state index is -4.88. The molecule has 0 radical (unpaired) electrons. The first kappa shape index (κ1) is 16.6. The van der Waals surface area contributed by atoms with Crippen LogP contribution in [0.5, 0.6) is 0 Å². The number of carbonyl (C=O) groups excluding carboxylic acids is 2. The highest BCUT2D eigenvalue weighted by molar-refractivity contribution is 5.81. The highest BCUT2D eigenvalue weighted by atomic mass is 19.4. The van der Waals surface area contributed by atoms with Crippen molar-refractivity contribution in [1.29, 1.82) is 0 Å². The number of rotatable bonds is 8. The molecule has 18 heavy (non-hydrogen) atoms. The Morgan fingerprint density at radius 2 is 1.72 bits per heavy atom. The maximum absolute atomic E-state index is 11.7. The SMILES string of the molecule is CC(=O)OCOCCOCCNC(=O)C(F)(F)F. The summed E-state index contributed by atoms with van der Waals surface area (Å²) in [4.78, 5) is 20.6. The van der Waals surface area contributed by atoms with E-state index in [9.17, 15) is 22.8 Å². The summed E-state index contributed by atoms with van der Waals surface area (Å²) in [6, 6.07) is 0. The third-order valence-electron chi connectivity index (χ3n) is 1.51. The molecule has 0 aromatic heterocycles. The Balaban J connectivity index is 3.27. The lowest BCUT2D eigenvalue weighted by atomic mass is 10.5. The van der Waals surface area contributed by atoms with Gasteiger partial charge in [0.2, 0.25) is 0 Å². The molecular weight excluding hydrogens is 259 g/mol. The molecule has 0 aromatic carbocycles. The monoisotopic (exact) mass is 273 g/mol. The van der Waals surface area contributed by atoms with Gasteiger partial charge in [0, 0.05) is 13.5 Å². The minimum absolute atomic E-state index is 0.0707. The Morgan fingerprint density at radius 1 is 1.11 bits per heavy atom. The van der Waals surface area contributed by atoms with Gasteiger partial charge in [-0.3, -0.25) is 9.59 Å². The summed E-state index contributed by atoms with van der Waals surface area (Å²) in [5.74, 6) is -2.48. The van der Waals surface area contributed by atoms with Crippen LogP contribution in [0, 0.1) is 0 Å². The quantitative estimate of drug-likeness (QED) is 0.389. The van der Waals surface area contributed by atoms with E-state index in [0.29, 0.717) is 0 Å². The third-order valence-corrected chi connectivity index (χ3v) is 1.51. The summed E-state index contributed by atoms with van der Waals surface area (Å²) in [6.45, 7) is 0.942. The Morgan fingerprint density at radius 3 is 2.28 bits per heavy atom. The average molecular weight is 273 g/mol. The number of hydrogen-bond acceptors (Lipinski definition) is 5. The molecular formula is C9H14F3NO5. The number of carbonyl (C=O) groups is 2. The van der Waals surface area contributed by atoms with Gasteiger partial charge in [-0.05, 0) is 0 Å².